The van der Waals surface area contributed by atoms with Gasteiger partial charge in [0.1, 0.15) is 5.78 Å². The molecule has 0 saturated carbocycles. The lowest BCUT2D eigenvalue weighted by Gasteiger charge is -1.56. The maximum absolute atomic E-state index is 10.4. The minimum Gasteiger partial charge on any atom is -0.412 e. The molecule has 0 bridgehead atoms. The fourth-order valence-electron chi connectivity index (χ4n) is 0. The molecule has 0 radical (unpaired) electrons. The molecule has 0 fully saturated rings. The third-order valence-corrected chi connectivity index (χ3v) is 0. The van der Waals surface area contributed by atoms with Gasteiger partial charge in [0.05, 0.1) is 0 Å². The van der Waals surface area contributed by atoms with Crippen molar-refractivity contribution in [2.24, 2.45) is 0 Å². The second-order valence-electron chi connectivity index (χ2n) is 0.329. The Morgan fingerprint density at radius 3 is 2.60 bits per heavy atom. The Balaban J connectivity index is 0. The minimum atomic E-state index is -3.01. The number of rotatable bonds is 0. The van der Waals surface area contributed by atoms with Gasteiger partial charge in [-0.2, -0.15) is 0 Å². The van der Waals surface area contributed by atoms with E-state index in [9.17, 15) is 4.79 Å². The molecule has 2 heteroatoms. The van der Waals surface area contributed by atoms with Crippen LogP contribution in [0.3, 0.4) is 0 Å². The normalized spacial score (nSPS) is 32.0. The van der Waals surface area contributed by atoms with Crippen LogP contribution in [-0.4, -0.2) is 14.1 Å². The topological polar surface area (TPSA) is 48.6 Å². The Morgan fingerprint density at radius 2 is 2.60 bits per heavy atom. The average Bonchev–Trinajstić information content (AvgIpc) is 1.84. The number of hydrogen-bond donors (Lipinski definition) is 0. The van der Waals surface area contributed by atoms with E-state index in [1.165, 1.54) is 0 Å². The van der Waals surface area contributed by atoms with Crippen LogP contribution in [0.25, 0.3) is 0 Å². The first-order valence-corrected chi connectivity index (χ1v) is 0.704. The van der Waals surface area contributed by atoms with Crippen LogP contribution in [0.5, 0.6) is 0 Å². The van der Waals surface area contributed by atoms with Gasteiger partial charge in [0.25, 0.3) is 0 Å². The summed E-state index contributed by atoms with van der Waals surface area (Å²) in [6.07, 6.45) is 0. The quantitative estimate of drug-likeness (QED) is 0.400. The molecule has 0 rings (SSSR count). The Morgan fingerprint density at radius 1 is 2.20 bits per heavy atom. The zero-order valence-corrected chi connectivity index (χ0v) is 2.32. The molecule has 2 nitrogen and oxygen atoms in total. The van der Waals surface area contributed by atoms with E-state index in [0.717, 1.165) is 0 Å². The Bertz CT molecular complexity index is 140. The van der Waals surface area contributed by atoms with Crippen molar-refractivity contribution in [3.63, 3.8) is 0 Å². The zero-order chi connectivity index (χ0) is 11.3. The fourth-order valence-corrected chi connectivity index (χ4v) is 0. The zero-order valence-electron chi connectivity index (χ0n) is 10.3. The summed E-state index contributed by atoms with van der Waals surface area (Å²) in [5.41, 5.74) is 2.75. The van der Waals surface area contributed by atoms with Gasteiger partial charge in [-0.25, -0.2) is 0 Å². The Labute approximate surface area is 42.5 Å². The minimum absolute atomic E-state index is 1.68. The third-order valence-electron chi connectivity index (χ3n) is 0. The first-order chi connectivity index (χ1) is 5.57. The molecule has 0 aliphatic heterocycles. The highest BCUT2D eigenvalue weighted by molar-refractivity contribution is 5.72. The predicted molar refractivity (Wildman–Crippen MR) is 20.0 cm³/mol. The smallest absolute Gasteiger partial charge is 0.206 e. The molecule has 0 heterocycles. The summed E-state index contributed by atoms with van der Waals surface area (Å²) in [5.74, 6) is -1.68. The molecule has 0 aromatic carbocycles. The van der Waals surface area contributed by atoms with Crippen LogP contribution in [-0.2, 0) is 4.79 Å². The first-order valence-electron chi connectivity index (χ1n) is 4.52. The third kappa shape index (κ3) is 70.4. The molecule has 0 aliphatic carbocycles. The molecule has 0 unspecified atom stereocenters. The molecule has 32 valence electrons. The lowest BCUT2D eigenvalue weighted by Crippen LogP contribution is -1.69. The number of carbonyl (C=O) groups is 1. The largest absolute Gasteiger partial charge is 0.412 e. The van der Waals surface area contributed by atoms with Crippen molar-refractivity contribution in [2.75, 3.05) is 0 Å². The lowest BCUT2D eigenvalue weighted by molar-refractivity contribution is -0.114. The SMILES string of the molecule is [2H]C([2H])([2H])C(=O)C([2H])([2H])[2H].[2H]O[2H]. The van der Waals surface area contributed by atoms with Crippen LogP contribution in [0.1, 0.15) is 21.9 Å². The summed E-state index contributed by atoms with van der Waals surface area (Å²) in [4.78, 5) is 10.4. The lowest BCUT2D eigenvalue weighted by atomic mass is 10.6. The van der Waals surface area contributed by atoms with E-state index in [1.54, 1.807) is 0 Å². The van der Waals surface area contributed by atoms with Gasteiger partial charge in [0.2, 0.25) is 2.86 Å². The predicted octanol–water partition coefficient (Wildman–Crippen LogP) is -0.229. The standard InChI is InChI=1S/C3H6O.H2O/c1-3(2)4;/h1-2H3;1H2/i1D3,2D3;/hD2. The van der Waals surface area contributed by atoms with Crippen molar-refractivity contribution < 1.29 is 18.5 Å². The summed E-state index contributed by atoms with van der Waals surface area (Å²) in [6.45, 7) is -6.02. The first kappa shape index (κ1) is 0.540. The maximum atomic E-state index is 10.4. The van der Waals surface area contributed by atoms with Crippen molar-refractivity contribution in [3.8, 4) is 0 Å². The highest BCUT2D eigenvalue weighted by atomic mass is 16.1. The second kappa shape index (κ2) is 3.63. The van der Waals surface area contributed by atoms with Crippen LogP contribution in [0.2, 0.25) is 0 Å². The fraction of sp³-hybridized carbons (Fsp3) is 0.667. The van der Waals surface area contributed by atoms with Gasteiger partial charge in [-0.15, -0.1) is 0 Å². The molecule has 0 aromatic rings. The maximum Gasteiger partial charge on any atom is 0.206 e. The Kier molecular flexibility index (Phi) is 0.392. The molecule has 0 spiro atoms. The van der Waals surface area contributed by atoms with Crippen LogP contribution < -0.4 is 0 Å². The highest BCUT2D eigenvalue weighted by Crippen LogP contribution is 1.50. The van der Waals surface area contributed by atoms with E-state index in [0.29, 0.717) is 0 Å². The summed E-state index contributed by atoms with van der Waals surface area (Å²) >= 11 is 0. The Hall–Kier alpha value is -0.370. The van der Waals surface area contributed by atoms with Crippen molar-refractivity contribution in [2.45, 2.75) is 13.7 Å². The summed E-state index contributed by atoms with van der Waals surface area (Å²) < 4.78 is 49.3. The van der Waals surface area contributed by atoms with Crippen molar-refractivity contribution >= 4 is 5.78 Å². The van der Waals surface area contributed by atoms with Gasteiger partial charge < -0.3 is 10.3 Å². The van der Waals surface area contributed by atoms with E-state index < -0.39 is 19.5 Å². The van der Waals surface area contributed by atoms with E-state index in [1.807, 2.05) is 0 Å². The molecule has 0 amide bonds. The molecule has 0 saturated heterocycles. The van der Waals surface area contributed by atoms with Gasteiger partial charge in [-0.3, -0.25) is 0 Å². The van der Waals surface area contributed by atoms with Gasteiger partial charge in [0, 0.05) is 8.22 Å². The average molecular weight is 84.1 g/mol. The molecular weight excluding hydrogens is 68.0 g/mol. The van der Waals surface area contributed by atoms with Crippen molar-refractivity contribution in [3.05, 3.63) is 0 Å². The van der Waals surface area contributed by atoms with Gasteiger partial charge in [0.15, 0.2) is 0 Å². The number of carbonyl (C=O) groups excluding carboxylic acids is 1. The van der Waals surface area contributed by atoms with Crippen LogP contribution in [0, 0.1) is 0 Å². The van der Waals surface area contributed by atoms with E-state index in [4.69, 9.17) is 11.1 Å². The van der Waals surface area contributed by atoms with E-state index in [-0.39, 0.29) is 0 Å². The van der Waals surface area contributed by atoms with Gasteiger partial charge in [-0.05, 0) is 13.7 Å². The molecule has 5 heavy (non-hydrogen) atoms. The van der Waals surface area contributed by atoms with E-state index >= 15 is 0 Å². The molecule has 0 aliphatic rings. The van der Waals surface area contributed by atoms with E-state index in [2.05, 4.69) is 5.48 Å². The molecule has 2 N–H and O–H groups in total. The number of hydrogen-bond acceptors (Lipinski definition) is 1. The summed E-state index contributed by atoms with van der Waals surface area (Å²) in [5, 5.41) is 0. The summed E-state index contributed by atoms with van der Waals surface area (Å²) in [6, 6.07) is 0. The van der Waals surface area contributed by atoms with Gasteiger partial charge in [-0.1, -0.05) is 0 Å². The highest BCUT2D eigenvalue weighted by Gasteiger charge is 1.62. The molecule has 0 aromatic heterocycles. The van der Waals surface area contributed by atoms with Crippen LogP contribution >= 0.6 is 0 Å². The van der Waals surface area contributed by atoms with Crippen molar-refractivity contribution in [1.29, 1.82) is 2.86 Å². The van der Waals surface area contributed by atoms with Crippen molar-refractivity contribution in [1.82, 2.24) is 0 Å². The monoisotopic (exact) mass is 84.1 g/mol. The number of Topliss-reactive ketones (excluding diaryl/α,β-unsaturated/α-hetero) is 1. The summed E-state index contributed by atoms with van der Waals surface area (Å²) in [7, 11) is 0. The van der Waals surface area contributed by atoms with Crippen LogP contribution in [0.15, 0.2) is 0 Å². The molecule has 0 atom stereocenters. The van der Waals surface area contributed by atoms with Crippen LogP contribution in [0.4, 0.5) is 0 Å². The second-order valence-corrected chi connectivity index (χ2v) is 0.329. The van der Waals surface area contributed by atoms with Gasteiger partial charge >= 0.3 is 0 Å². The number of ketones is 1. The molecular formula is C3H8O2.